The third-order valence-corrected chi connectivity index (χ3v) is 3.92. The van der Waals surface area contributed by atoms with E-state index in [1.807, 2.05) is 24.3 Å². The van der Waals surface area contributed by atoms with E-state index < -0.39 is 0 Å². The van der Waals surface area contributed by atoms with Gasteiger partial charge in [0.25, 0.3) is 0 Å². The van der Waals surface area contributed by atoms with Crippen LogP contribution in [0.3, 0.4) is 0 Å². The van der Waals surface area contributed by atoms with E-state index in [2.05, 4.69) is 15.6 Å². The fraction of sp³-hybridized carbons (Fsp3) is 0.188. The van der Waals surface area contributed by atoms with Crippen molar-refractivity contribution < 1.29 is 0 Å². The van der Waals surface area contributed by atoms with E-state index in [-0.39, 0.29) is 0 Å². The quantitative estimate of drug-likeness (QED) is 0.719. The molecule has 0 spiro atoms. The Kier molecular flexibility index (Phi) is 2.69. The van der Waals surface area contributed by atoms with Crippen LogP contribution >= 0.6 is 11.6 Å². The Morgan fingerprint density at radius 3 is 2.86 bits per heavy atom. The molecular weight excluding hydrogens is 284 g/mol. The van der Waals surface area contributed by atoms with E-state index in [1.54, 1.807) is 12.4 Å². The van der Waals surface area contributed by atoms with Crippen molar-refractivity contribution in [3.63, 3.8) is 0 Å². The summed E-state index contributed by atoms with van der Waals surface area (Å²) in [6.07, 6.45) is 5.61. The summed E-state index contributed by atoms with van der Waals surface area (Å²) in [6, 6.07) is 10.2. The summed E-state index contributed by atoms with van der Waals surface area (Å²) in [5, 5.41) is 9.75. The third-order valence-electron chi connectivity index (χ3n) is 3.69. The fourth-order valence-corrected chi connectivity index (χ4v) is 2.76. The van der Waals surface area contributed by atoms with Crippen LogP contribution in [0.2, 0.25) is 5.02 Å². The van der Waals surface area contributed by atoms with Gasteiger partial charge in [-0.15, -0.1) is 0 Å². The minimum Gasteiger partial charge on any atom is -0.321 e. The van der Waals surface area contributed by atoms with E-state index in [0.29, 0.717) is 16.6 Å². The lowest BCUT2D eigenvalue weighted by molar-refractivity contribution is 0.775. The molecule has 4 rings (SSSR count). The molecular formula is C16H11ClN4. The van der Waals surface area contributed by atoms with Gasteiger partial charge in [-0.25, -0.2) is 4.98 Å². The second-order valence-electron chi connectivity index (χ2n) is 5.24. The molecule has 102 valence electrons. The molecule has 0 bridgehead atoms. The zero-order valence-electron chi connectivity index (χ0n) is 11.1. The highest BCUT2D eigenvalue weighted by molar-refractivity contribution is 6.31. The molecule has 21 heavy (non-hydrogen) atoms. The van der Waals surface area contributed by atoms with E-state index in [4.69, 9.17) is 21.8 Å². The fourth-order valence-electron chi connectivity index (χ4n) is 2.60. The van der Waals surface area contributed by atoms with Gasteiger partial charge in [0.1, 0.15) is 11.9 Å². The number of imidazole rings is 1. The number of nitrogens with zero attached hydrogens (tertiary/aromatic N) is 4. The molecule has 0 N–H and O–H groups in total. The maximum Gasteiger partial charge on any atom is 0.142 e. The van der Waals surface area contributed by atoms with Crippen LogP contribution in [-0.4, -0.2) is 14.5 Å². The summed E-state index contributed by atoms with van der Waals surface area (Å²) < 4.78 is 2.22. The van der Waals surface area contributed by atoms with Gasteiger partial charge in [0.15, 0.2) is 0 Å². The van der Waals surface area contributed by atoms with Gasteiger partial charge in [0.2, 0.25) is 0 Å². The summed E-state index contributed by atoms with van der Waals surface area (Å²) in [5.41, 5.74) is 3.37. The van der Waals surface area contributed by atoms with Crippen LogP contribution < -0.4 is 0 Å². The molecule has 0 amide bonds. The Balaban J connectivity index is 1.99. The SMILES string of the molecule is N#Cc1cncc(-c2nc3ccc(Cl)cc3n2C2CC2)c1. The molecule has 0 unspecified atom stereocenters. The molecule has 2 heterocycles. The van der Waals surface area contributed by atoms with E-state index in [9.17, 15) is 0 Å². The Morgan fingerprint density at radius 2 is 2.10 bits per heavy atom. The summed E-state index contributed by atoms with van der Waals surface area (Å²) in [6.45, 7) is 0. The van der Waals surface area contributed by atoms with Crippen LogP contribution in [-0.2, 0) is 0 Å². The van der Waals surface area contributed by atoms with Crippen molar-refractivity contribution in [3.8, 4) is 17.5 Å². The highest BCUT2D eigenvalue weighted by Crippen LogP contribution is 2.41. The van der Waals surface area contributed by atoms with Gasteiger partial charge in [-0.2, -0.15) is 5.26 Å². The zero-order valence-corrected chi connectivity index (χ0v) is 11.9. The van der Waals surface area contributed by atoms with Crippen molar-refractivity contribution in [3.05, 3.63) is 47.2 Å². The normalized spacial score (nSPS) is 14.3. The van der Waals surface area contributed by atoms with Gasteiger partial charge < -0.3 is 4.57 Å². The third kappa shape index (κ3) is 2.07. The van der Waals surface area contributed by atoms with Crippen molar-refractivity contribution in [2.24, 2.45) is 0 Å². The van der Waals surface area contributed by atoms with E-state index >= 15 is 0 Å². The van der Waals surface area contributed by atoms with E-state index in [1.165, 1.54) is 0 Å². The molecule has 0 radical (unpaired) electrons. The van der Waals surface area contributed by atoms with Crippen LogP contribution in [0.1, 0.15) is 24.4 Å². The number of benzene rings is 1. The molecule has 0 atom stereocenters. The zero-order chi connectivity index (χ0) is 14.4. The predicted molar refractivity (Wildman–Crippen MR) is 81.0 cm³/mol. The predicted octanol–water partition coefficient (Wildman–Crippen LogP) is 3.96. The Bertz CT molecular complexity index is 887. The molecule has 2 aromatic heterocycles. The van der Waals surface area contributed by atoms with Crippen LogP contribution in [0.25, 0.3) is 22.4 Å². The second-order valence-corrected chi connectivity index (χ2v) is 5.68. The summed E-state index contributed by atoms with van der Waals surface area (Å²) in [4.78, 5) is 8.85. The number of fused-ring (bicyclic) bond motifs is 1. The van der Waals surface area contributed by atoms with Gasteiger partial charge in [-0.3, -0.25) is 4.98 Å². The topological polar surface area (TPSA) is 54.5 Å². The van der Waals surface area contributed by atoms with Crippen LogP contribution in [0, 0.1) is 11.3 Å². The average molecular weight is 295 g/mol. The molecule has 1 aromatic carbocycles. The molecule has 4 nitrogen and oxygen atoms in total. The molecule has 1 aliphatic carbocycles. The van der Waals surface area contributed by atoms with Gasteiger partial charge in [0, 0.05) is 29.0 Å². The Morgan fingerprint density at radius 1 is 1.24 bits per heavy atom. The van der Waals surface area contributed by atoms with Gasteiger partial charge in [0.05, 0.1) is 16.6 Å². The Labute approximate surface area is 126 Å². The largest absolute Gasteiger partial charge is 0.321 e. The summed E-state index contributed by atoms with van der Waals surface area (Å²) in [5.74, 6) is 0.861. The minimum absolute atomic E-state index is 0.467. The Hall–Kier alpha value is -2.38. The molecule has 1 aliphatic rings. The molecule has 1 fully saturated rings. The van der Waals surface area contributed by atoms with Crippen molar-refractivity contribution in [1.82, 2.24) is 14.5 Å². The molecule has 0 saturated heterocycles. The first-order valence-corrected chi connectivity index (χ1v) is 7.17. The maximum atomic E-state index is 9.04. The first kappa shape index (κ1) is 12.4. The van der Waals surface area contributed by atoms with Gasteiger partial charge in [-0.05, 0) is 37.1 Å². The van der Waals surface area contributed by atoms with Crippen molar-refractivity contribution in [1.29, 1.82) is 5.26 Å². The lowest BCUT2D eigenvalue weighted by Crippen LogP contribution is -1.98. The number of hydrogen-bond acceptors (Lipinski definition) is 3. The van der Waals surface area contributed by atoms with E-state index in [0.717, 1.165) is 35.3 Å². The lowest BCUT2D eigenvalue weighted by Gasteiger charge is -2.07. The van der Waals surface area contributed by atoms with Crippen molar-refractivity contribution >= 4 is 22.6 Å². The number of aromatic nitrogens is 3. The van der Waals surface area contributed by atoms with Crippen LogP contribution in [0.15, 0.2) is 36.7 Å². The highest BCUT2D eigenvalue weighted by atomic mass is 35.5. The average Bonchev–Trinajstić information content (AvgIpc) is 3.28. The highest BCUT2D eigenvalue weighted by Gasteiger charge is 2.28. The number of nitriles is 1. The van der Waals surface area contributed by atoms with Crippen molar-refractivity contribution in [2.75, 3.05) is 0 Å². The monoisotopic (exact) mass is 294 g/mol. The standard InChI is InChI=1S/C16H11ClN4/c17-12-1-4-14-15(6-12)21(13-2-3-13)16(20-14)11-5-10(7-18)8-19-9-11/h1,4-6,8-9,13H,2-3H2. The molecule has 0 aliphatic heterocycles. The minimum atomic E-state index is 0.467. The smallest absolute Gasteiger partial charge is 0.142 e. The number of pyridine rings is 1. The molecule has 3 aromatic rings. The second kappa shape index (κ2) is 4.57. The summed E-state index contributed by atoms with van der Waals surface area (Å²) in [7, 11) is 0. The van der Waals surface area contributed by atoms with Crippen LogP contribution in [0.4, 0.5) is 0 Å². The number of hydrogen-bond donors (Lipinski definition) is 0. The first-order valence-electron chi connectivity index (χ1n) is 6.79. The van der Waals surface area contributed by atoms with Gasteiger partial charge >= 0.3 is 0 Å². The van der Waals surface area contributed by atoms with Crippen LogP contribution in [0.5, 0.6) is 0 Å². The maximum absolute atomic E-state index is 9.04. The summed E-state index contributed by atoms with van der Waals surface area (Å²) >= 11 is 6.12. The van der Waals surface area contributed by atoms with Gasteiger partial charge in [-0.1, -0.05) is 11.6 Å². The number of halogens is 1. The first-order chi connectivity index (χ1) is 10.3. The number of rotatable bonds is 2. The van der Waals surface area contributed by atoms with Crippen molar-refractivity contribution in [2.45, 2.75) is 18.9 Å². The molecule has 5 heteroatoms. The molecule has 1 saturated carbocycles. The lowest BCUT2D eigenvalue weighted by atomic mass is 10.2.